The number of benzene rings is 1. The summed E-state index contributed by atoms with van der Waals surface area (Å²) in [5.74, 6) is 3.45. The van der Waals surface area contributed by atoms with E-state index in [1.807, 2.05) is 18.2 Å². The predicted molar refractivity (Wildman–Crippen MR) is 129 cm³/mol. The largest absolute Gasteiger partial charge is 0.355 e. The highest BCUT2D eigenvalue weighted by molar-refractivity contribution is 6.30. The highest BCUT2D eigenvalue weighted by Crippen LogP contribution is 2.57. The van der Waals surface area contributed by atoms with Gasteiger partial charge in [-0.3, -0.25) is 9.47 Å². The number of hydrogen-bond donors (Lipinski definition) is 0. The quantitative estimate of drug-likeness (QED) is 0.562. The molecule has 0 atom stereocenters. The molecule has 0 amide bonds. The number of anilines is 1. The molecule has 1 spiro atoms. The van der Waals surface area contributed by atoms with Crippen LogP contribution in [-0.2, 0) is 13.1 Å². The van der Waals surface area contributed by atoms with E-state index >= 15 is 0 Å². The van der Waals surface area contributed by atoms with Crippen molar-refractivity contribution in [2.75, 3.05) is 18.0 Å². The molecule has 1 aromatic carbocycles. The Balaban J connectivity index is 1.14. The van der Waals surface area contributed by atoms with Gasteiger partial charge in [0.1, 0.15) is 23.4 Å². The first-order chi connectivity index (χ1) is 16.5. The van der Waals surface area contributed by atoms with E-state index in [0.29, 0.717) is 17.0 Å². The van der Waals surface area contributed by atoms with E-state index in [1.165, 1.54) is 24.1 Å². The molecule has 4 aliphatic rings. The smallest absolute Gasteiger partial charge is 0.151 e. The number of halogens is 1. The highest BCUT2D eigenvalue weighted by Gasteiger charge is 2.54. The third kappa shape index (κ3) is 3.09. The van der Waals surface area contributed by atoms with Crippen LogP contribution in [0.2, 0.25) is 5.02 Å². The molecule has 7 rings (SSSR count). The summed E-state index contributed by atoms with van der Waals surface area (Å²) in [4.78, 5) is 9.30. The van der Waals surface area contributed by atoms with E-state index in [4.69, 9.17) is 27.1 Å². The van der Waals surface area contributed by atoms with E-state index in [0.717, 1.165) is 61.5 Å². The van der Waals surface area contributed by atoms with Crippen molar-refractivity contribution in [3.05, 3.63) is 64.3 Å². The fourth-order valence-electron chi connectivity index (χ4n) is 6.18. The number of nitriles is 1. The molecule has 0 radical (unpaired) electrons. The maximum atomic E-state index is 9.14. The molecule has 34 heavy (non-hydrogen) atoms. The van der Waals surface area contributed by atoms with Gasteiger partial charge in [-0.2, -0.15) is 5.26 Å². The van der Waals surface area contributed by atoms with Gasteiger partial charge in [-0.1, -0.05) is 17.7 Å². The topological polar surface area (TPSA) is 73.9 Å². The average Bonchev–Trinajstić information content (AvgIpc) is 3.45. The van der Waals surface area contributed by atoms with Crippen LogP contribution < -0.4 is 4.90 Å². The fourth-order valence-corrected chi connectivity index (χ4v) is 6.38. The second-order valence-electron chi connectivity index (χ2n) is 10.9. The molecule has 0 bridgehead atoms. The van der Waals surface area contributed by atoms with E-state index in [1.54, 1.807) is 6.07 Å². The predicted octanol–water partition coefficient (Wildman–Crippen LogP) is 4.44. The molecule has 2 aromatic heterocycles. The van der Waals surface area contributed by atoms with Crippen LogP contribution in [0.25, 0.3) is 5.69 Å². The van der Waals surface area contributed by atoms with Gasteiger partial charge >= 0.3 is 0 Å². The first-order valence-corrected chi connectivity index (χ1v) is 12.4. The molecular weight excluding hydrogens is 446 g/mol. The summed E-state index contributed by atoms with van der Waals surface area (Å²) in [6.45, 7) is 6.05. The maximum Gasteiger partial charge on any atom is 0.151 e. The molecule has 0 unspecified atom stereocenters. The van der Waals surface area contributed by atoms with Crippen LogP contribution >= 0.6 is 11.6 Å². The summed E-state index contributed by atoms with van der Waals surface area (Å²) in [6.07, 6.45) is 4.70. The Kier molecular flexibility index (Phi) is 4.22. The average molecular weight is 472 g/mol. The van der Waals surface area contributed by atoms with Gasteiger partial charge in [0, 0.05) is 41.5 Å². The molecule has 2 aliphatic heterocycles. The van der Waals surface area contributed by atoms with Gasteiger partial charge in [0.25, 0.3) is 0 Å². The number of aromatic nitrogens is 4. The van der Waals surface area contributed by atoms with E-state index in [-0.39, 0.29) is 5.54 Å². The van der Waals surface area contributed by atoms with Gasteiger partial charge in [-0.15, -0.1) is 10.2 Å². The second-order valence-corrected chi connectivity index (χ2v) is 11.3. The number of fused-ring (bicyclic) bond motifs is 3. The molecule has 8 heteroatoms. The van der Waals surface area contributed by atoms with Crippen LogP contribution in [0.15, 0.2) is 36.4 Å². The zero-order valence-corrected chi connectivity index (χ0v) is 20.0. The Morgan fingerprint density at radius 2 is 1.91 bits per heavy atom. The Morgan fingerprint density at radius 3 is 2.68 bits per heavy atom. The van der Waals surface area contributed by atoms with Gasteiger partial charge in [0.15, 0.2) is 5.82 Å². The minimum atomic E-state index is 0.258. The summed E-state index contributed by atoms with van der Waals surface area (Å²) in [5, 5.41) is 19.4. The number of nitrogens with zero attached hydrogens (tertiary/aromatic N) is 7. The zero-order valence-electron chi connectivity index (χ0n) is 19.2. The summed E-state index contributed by atoms with van der Waals surface area (Å²) < 4.78 is 2.32. The molecule has 3 aromatic rings. The van der Waals surface area contributed by atoms with Crippen molar-refractivity contribution in [2.24, 2.45) is 5.41 Å². The SMILES string of the molecule is CC1(N2Cc3cc(Cl)ccc3-n3c(nnc3C3CC4(C3)CN(c3cccc(C#N)n3)C4)C2)CC1. The van der Waals surface area contributed by atoms with Crippen LogP contribution in [0.5, 0.6) is 0 Å². The standard InChI is InChI=1S/C26H26ClN7/c1-25(7-8-25)33-13-17-9-19(27)5-6-21(17)34-23(14-33)30-31-24(34)18-10-26(11-18)15-32(16-26)22-4-2-3-20(12-28)29-22/h2-6,9,18H,7-8,10-11,13-16H2,1H3. The maximum absolute atomic E-state index is 9.14. The summed E-state index contributed by atoms with van der Waals surface area (Å²) in [5.41, 5.74) is 3.49. The lowest BCUT2D eigenvalue weighted by Gasteiger charge is -2.59. The molecule has 3 fully saturated rings. The molecule has 7 nitrogen and oxygen atoms in total. The molecule has 172 valence electrons. The van der Waals surface area contributed by atoms with Crippen molar-refractivity contribution in [2.45, 2.75) is 57.2 Å². The van der Waals surface area contributed by atoms with Crippen LogP contribution in [-0.4, -0.2) is 43.3 Å². The lowest BCUT2D eigenvalue weighted by atomic mass is 9.57. The molecular formula is C26H26ClN7. The van der Waals surface area contributed by atoms with Crippen molar-refractivity contribution in [3.8, 4) is 11.8 Å². The monoisotopic (exact) mass is 471 g/mol. The van der Waals surface area contributed by atoms with Crippen LogP contribution in [0.3, 0.4) is 0 Å². The first-order valence-electron chi connectivity index (χ1n) is 12.1. The summed E-state index contributed by atoms with van der Waals surface area (Å²) in [7, 11) is 0. The summed E-state index contributed by atoms with van der Waals surface area (Å²) >= 11 is 6.41. The molecule has 2 aliphatic carbocycles. The highest BCUT2D eigenvalue weighted by atomic mass is 35.5. The molecule has 2 saturated carbocycles. The van der Waals surface area contributed by atoms with Crippen molar-refractivity contribution < 1.29 is 0 Å². The van der Waals surface area contributed by atoms with Crippen molar-refractivity contribution in [1.82, 2.24) is 24.6 Å². The zero-order chi connectivity index (χ0) is 23.1. The third-order valence-corrected chi connectivity index (χ3v) is 8.65. The van der Waals surface area contributed by atoms with E-state index in [9.17, 15) is 0 Å². The fraction of sp³-hybridized carbons (Fsp3) is 0.462. The van der Waals surface area contributed by atoms with Crippen molar-refractivity contribution in [1.29, 1.82) is 5.26 Å². The lowest BCUT2D eigenvalue weighted by molar-refractivity contribution is 0.0581. The van der Waals surface area contributed by atoms with Crippen molar-refractivity contribution >= 4 is 17.4 Å². The van der Waals surface area contributed by atoms with Crippen molar-refractivity contribution in [3.63, 3.8) is 0 Å². The van der Waals surface area contributed by atoms with Crippen LogP contribution in [0.1, 0.15) is 61.4 Å². The Labute approximate surface area is 204 Å². The van der Waals surface area contributed by atoms with E-state index < -0.39 is 0 Å². The van der Waals surface area contributed by atoms with Crippen LogP contribution in [0.4, 0.5) is 5.82 Å². The third-order valence-electron chi connectivity index (χ3n) is 8.42. The van der Waals surface area contributed by atoms with Gasteiger partial charge in [0.05, 0.1) is 12.2 Å². The van der Waals surface area contributed by atoms with Gasteiger partial charge in [0.2, 0.25) is 0 Å². The normalized spacial score (nSPS) is 22.2. The molecule has 4 heterocycles. The van der Waals surface area contributed by atoms with E-state index in [2.05, 4.69) is 44.5 Å². The minimum Gasteiger partial charge on any atom is -0.355 e. The molecule has 0 N–H and O–H groups in total. The van der Waals surface area contributed by atoms with Gasteiger partial charge in [-0.05, 0) is 68.5 Å². The van der Waals surface area contributed by atoms with Gasteiger partial charge in [-0.25, -0.2) is 4.98 Å². The number of rotatable bonds is 3. The minimum absolute atomic E-state index is 0.258. The number of pyridine rings is 1. The second kappa shape index (κ2) is 7.03. The molecule has 1 saturated heterocycles. The first kappa shape index (κ1) is 20.4. The number of hydrogen-bond acceptors (Lipinski definition) is 6. The van der Waals surface area contributed by atoms with Gasteiger partial charge < -0.3 is 4.90 Å². The Hall–Kier alpha value is -2.95. The summed E-state index contributed by atoms with van der Waals surface area (Å²) in [6, 6.07) is 14.0. The lowest BCUT2D eigenvalue weighted by Crippen LogP contribution is -2.62. The Bertz CT molecular complexity index is 1340. The Morgan fingerprint density at radius 1 is 1.09 bits per heavy atom. The van der Waals surface area contributed by atoms with Crippen LogP contribution in [0, 0.1) is 16.7 Å².